The van der Waals surface area contributed by atoms with Crippen LogP contribution in [0.25, 0.3) is 0 Å². The maximum Gasteiger partial charge on any atom is 0.321 e. The summed E-state index contributed by atoms with van der Waals surface area (Å²) in [4.78, 5) is 15.5. The van der Waals surface area contributed by atoms with Crippen LogP contribution in [0.1, 0.15) is 32.1 Å². The molecule has 0 aromatic carbocycles. The highest BCUT2D eigenvalue weighted by atomic mass is 32.1. The van der Waals surface area contributed by atoms with Gasteiger partial charge in [0, 0.05) is 18.1 Å². The van der Waals surface area contributed by atoms with Crippen molar-refractivity contribution in [2.24, 2.45) is 5.92 Å². The summed E-state index contributed by atoms with van der Waals surface area (Å²) in [7, 11) is 0. The molecule has 0 atom stereocenters. The molecule has 1 aliphatic carbocycles. The summed E-state index contributed by atoms with van der Waals surface area (Å²) in [6.07, 6.45) is 8.14. The highest BCUT2D eigenvalue weighted by Gasteiger charge is 2.14. The van der Waals surface area contributed by atoms with Crippen LogP contribution in [0.3, 0.4) is 0 Å². The second kappa shape index (κ2) is 5.84. The largest absolute Gasteiger partial charge is 0.338 e. The molecule has 1 aromatic heterocycles. The van der Waals surface area contributed by atoms with Gasteiger partial charge < -0.3 is 5.32 Å². The van der Waals surface area contributed by atoms with E-state index in [0.717, 1.165) is 6.54 Å². The minimum atomic E-state index is -0.138. The van der Waals surface area contributed by atoms with E-state index in [9.17, 15) is 4.79 Å². The zero-order valence-corrected chi connectivity index (χ0v) is 10.1. The van der Waals surface area contributed by atoms with E-state index in [0.29, 0.717) is 11.0 Å². The van der Waals surface area contributed by atoms with Crippen molar-refractivity contribution in [1.29, 1.82) is 0 Å². The molecule has 0 spiro atoms. The highest BCUT2D eigenvalue weighted by molar-refractivity contribution is 7.13. The van der Waals surface area contributed by atoms with Gasteiger partial charge in [-0.3, -0.25) is 5.32 Å². The van der Waals surface area contributed by atoms with Crippen molar-refractivity contribution in [1.82, 2.24) is 10.3 Å². The molecule has 0 aliphatic heterocycles. The van der Waals surface area contributed by atoms with Crippen LogP contribution in [0.15, 0.2) is 11.6 Å². The molecule has 2 rings (SSSR count). The average Bonchev–Trinajstić information content (AvgIpc) is 2.81. The normalized spacial score (nSPS) is 17.0. The molecule has 4 nitrogen and oxygen atoms in total. The Morgan fingerprint density at radius 2 is 2.25 bits per heavy atom. The lowest BCUT2D eigenvalue weighted by molar-refractivity contribution is 0.247. The van der Waals surface area contributed by atoms with Gasteiger partial charge in [0.1, 0.15) is 0 Å². The second-order valence-electron chi connectivity index (χ2n) is 4.18. The van der Waals surface area contributed by atoms with Gasteiger partial charge in [-0.1, -0.05) is 19.3 Å². The van der Waals surface area contributed by atoms with E-state index in [-0.39, 0.29) is 6.03 Å². The first-order valence-corrected chi connectivity index (χ1v) is 6.67. The second-order valence-corrected chi connectivity index (χ2v) is 5.07. The molecule has 1 aromatic rings. The van der Waals surface area contributed by atoms with E-state index >= 15 is 0 Å². The number of thiazole rings is 1. The lowest BCUT2D eigenvalue weighted by atomic mass is 9.89. The van der Waals surface area contributed by atoms with Crippen LogP contribution in [0.4, 0.5) is 9.93 Å². The molecule has 0 radical (unpaired) electrons. The van der Waals surface area contributed by atoms with Crippen LogP contribution < -0.4 is 10.6 Å². The van der Waals surface area contributed by atoms with Crippen LogP contribution in [0, 0.1) is 5.92 Å². The summed E-state index contributed by atoms with van der Waals surface area (Å²) in [5.74, 6) is 0.663. The lowest BCUT2D eigenvalue weighted by Gasteiger charge is -2.21. The lowest BCUT2D eigenvalue weighted by Crippen LogP contribution is -2.33. The number of hydrogen-bond donors (Lipinski definition) is 2. The Morgan fingerprint density at radius 1 is 1.44 bits per heavy atom. The van der Waals surface area contributed by atoms with Gasteiger partial charge in [0.25, 0.3) is 0 Å². The Kier molecular flexibility index (Phi) is 4.16. The summed E-state index contributed by atoms with van der Waals surface area (Å²) in [6.45, 7) is 0.789. The summed E-state index contributed by atoms with van der Waals surface area (Å²) in [6, 6.07) is -0.138. The molecular weight excluding hydrogens is 222 g/mol. The van der Waals surface area contributed by atoms with Crippen molar-refractivity contribution >= 4 is 22.5 Å². The first kappa shape index (κ1) is 11.4. The number of amides is 2. The van der Waals surface area contributed by atoms with Gasteiger partial charge >= 0.3 is 6.03 Å². The van der Waals surface area contributed by atoms with E-state index < -0.39 is 0 Å². The van der Waals surface area contributed by atoms with E-state index in [2.05, 4.69) is 15.6 Å². The molecule has 16 heavy (non-hydrogen) atoms. The van der Waals surface area contributed by atoms with Gasteiger partial charge in [0.05, 0.1) is 0 Å². The number of nitrogens with one attached hydrogen (secondary N) is 2. The van der Waals surface area contributed by atoms with Crippen LogP contribution in [-0.4, -0.2) is 17.6 Å². The van der Waals surface area contributed by atoms with Crippen molar-refractivity contribution < 1.29 is 4.79 Å². The summed E-state index contributed by atoms with van der Waals surface area (Å²) in [5.41, 5.74) is 0. The third-order valence-corrected chi connectivity index (χ3v) is 3.62. The predicted molar refractivity (Wildman–Crippen MR) is 65.7 cm³/mol. The summed E-state index contributed by atoms with van der Waals surface area (Å²) < 4.78 is 0. The van der Waals surface area contributed by atoms with E-state index in [1.165, 1.54) is 43.4 Å². The Balaban J connectivity index is 1.67. The number of aromatic nitrogens is 1. The predicted octanol–water partition coefficient (Wildman–Crippen LogP) is 2.84. The molecule has 1 fully saturated rings. The third kappa shape index (κ3) is 3.48. The van der Waals surface area contributed by atoms with Crippen molar-refractivity contribution in [2.75, 3.05) is 11.9 Å². The summed E-state index contributed by atoms with van der Waals surface area (Å²) in [5, 5.41) is 8.12. The van der Waals surface area contributed by atoms with Gasteiger partial charge in [-0.15, -0.1) is 11.3 Å². The fourth-order valence-electron chi connectivity index (χ4n) is 2.05. The molecule has 88 valence electrons. The van der Waals surface area contributed by atoms with Crippen LogP contribution in [-0.2, 0) is 0 Å². The third-order valence-electron chi connectivity index (χ3n) is 2.93. The zero-order chi connectivity index (χ0) is 11.2. The first-order chi connectivity index (χ1) is 7.84. The number of anilines is 1. The van der Waals surface area contributed by atoms with Crippen LogP contribution >= 0.6 is 11.3 Å². The Morgan fingerprint density at radius 3 is 2.94 bits per heavy atom. The molecule has 0 unspecified atom stereocenters. The number of rotatable bonds is 3. The number of nitrogens with zero attached hydrogens (tertiary/aromatic N) is 1. The average molecular weight is 239 g/mol. The van der Waals surface area contributed by atoms with E-state index in [4.69, 9.17) is 0 Å². The van der Waals surface area contributed by atoms with Gasteiger partial charge in [0.2, 0.25) is 0 Å². The smallest absolute Gasteiger partial charge is 0.321 e. The molecular formula is C11H17N3OS. The minimum absolute atomic E-state index is 0.138. The van der Waals surface area contributed by atoms with Gasteiger partial charge in [-0.25, -0.2) is 9.78 Å². The van der Waals surface area contributed by atoms with Crippen molar-refractivity contribution in [2.45, 2.75) is 32.1 Å². The minimum Gasteiger partial charge on any atom is -0.338 e. The fraction of sp³-hybridized carbons (Fsp3) is 0.636. The Bertz CT molecular complexity index is 320. The maximum absolute atomic E-state index is 11.5. The molecule has 5 heteroatoms. The number of carbonyl (C=O) groups excluding carboxylic acids is 1. The monoisotopic (exact) mass is 239 g/mol. The molecule has 1 saturated carbocycles. The van der Waals surface area contributed by atoms with Gasteiger partial charge in [-0.2, -0.15) is 0 Å². The molecule has 1 aliphatic rings. The van der Waals surface area contributed by atoms with Crippen LogP contribution in [0.5, 0.6) is 0 Å². The maximum atomic E-state index is 11.5. The van der Waals surface area contributed by atoms with Crippen molar-refractivity contribution in [3.63, 3.8) is 0 Å². The molecule has 1 heterocycles. The molecule has 2 amide bonds. The van der Waals surface area contributed by atoms with E-state index in [1.54, 1.807) is 6.20 Å². The summed E-state index contributed by atoms with van der Waals surface area (Å²) >= 11 is 1.43. The Hall–Kier alpha value is -1.10. The number of carbonyl (C=O) groups is 1. The van der Waals surface area contributed by atoms with E-state index in [1.807, 2.05) is 5.38 Å². The van der Waals surface area contributed by atoms with Gasteiger partial charge in [-0.05, 0) is 18.8 Å². The van der Waals surface area contributed by atoms with Crippen molar-refractivity contribution in [3.8, 4) is 0 Å². The molecule has 0 bridgehead atoms. The highest BCUT2D eigenvalue weighted by Crippen LogP contribution is 2.22. The molecule has 2 N–H and O–H groups in total. The quantitative estimate of drug-likeness (QED) is 0.852. The fourth-order valence-corrected chi connectivity index (χ4v) is 2.58. The van der Waals surface area contributed by atoms with Gasteiger partial charge in [0.15, 0.2) is 5.13 Å². The van der Waals surface area contributed by atoms with Crippen molar-refractivity contribution in [3.05, 3.63) is 11.6 Å². The SMILES string of the molecule is O=C(NCC1CCCCC1)Nc1nccs1. The van der Waals surface area contributed by atoms with Crippen LogP contribution in [0.2, 0.25) is 0 Å². The topological polar surface area (TPSA) is 54.0 Å². The zero-order valence-electron chi connectivity index (χ0n) is 9.24. The first-order valence-electron chi connectivity index (χ1n) is 5.79. The standard InChI is InChI=1S/C11H17N3OS/c15-10(14-11-12-6-7-16-11)13-8-9-4-2-1-3-5-9/h6-7,9H,1-5,8H2,(H2,12,13,14,15). The number of urea groups is 1. The number of hydrogen-bond acceptors (Lipinski definition) is 3. The Labute approximate surface area is 99.5 Å². The molecule has 0 saturated heterocycles.